The molecule has 29 heavy (non-hydrogen) atoms. The molecule has 0 aliphatic carbocycles. The van der Waals surface area contributed by atoms with Gasteiger partial charge in [0.15, 0.2) is 23.0 Å². The van der Waals surface area contributed by atoms with E-state index in [4.69, 9.17) is 24.0 Å². The number of benzene rings is 2. The van der Waals surface area contributed by atoms with Gasteiger partial charge in [0.1, 0.15) is 0 Å². The molecule has 0 amide bonds. The van der Waals surface area contributed by atoms with E-state index in [1.165, 1.54) is 39.5 Å². The molecule has 8 nitrogen and oxygen atoms in total. The number of methoxy groups -OCH3 is 3. The number of alkyl halides is 2. The quantitative estimate of drug-likeness (QED) is 0.547. The summed E-state index contributed by atoms with van der Waals surface area (Å²) < 4.78 is 60.7. The number of phosphoric acid groups is 1. The first-order chi connectivity index (χ1) is 13.7. The van der Waals surface area contributed by atoms with Gasteiger partial charge in [0.2, 0.25) is 5.75 Å². The number of hydrogen-bond acceptors (Lipinski definition) is 6. The fourth-order valence-corrected chi connectivity index (χ4v) is 3.07. The number of ether oxygens (including phenoxy) is 4. The van der Waals surface area contributed by atoms with Crippen LogP contribution in [0.1, 0.15) is 11.1 Å². The van der Waals surface area contributed by atoms with Crippen molar-refractivity contribution in [2.75, 3.05) is 21.3 Å². The van der Waals surface area contributed by atoms with Gasteiger partial charge in [-0.05, 0) is 48.2 Å². The van der Waals surface area contributed by atoms with Crippen LogP contribution in [0.4, 0.5) is 8.78 Å². The average molecular weight is 434 g/mol. The topological polar surface area (TPSA) is 104 Å². The Kier molecular flexibility index (Phi) is 7.66. The predicted octanol–water partition coefficient (Wildman–Crippen LogP) is 3.57. The Hall–Kier alpha value is -2.55. The third-order valence-corrected chi connectivity index (χ3v) is 4.30. The lowest BCUT2D eigenvalue weighted by Gasteiger charge is -2.15. The lowest BCUT2D eigenvalue weighted by Crippen LogP contribution is -2.04. The number of aryl methyl sites for hydroxylation is 2. The van der Waals surface area contributed by atoms with Crippen LogP contribution < -0.4 is 23.5 Å². The fourth-order valence-electron chi connectivity index (χ4n) is 2.67. The summed E-state index contributed by atoms with van der Waals surface area (Å²) in [4.78, 5) is 18.0. The minimum Gasteiger partial charge on any atom is -0.493 e. The zero-order valence-corrected chi connectivity index (χ0v) is 16.8. The van der Waals surface area contributed by atoms with E-state index in [2.05, 4.69) is 9.26 Å². The molecule has 0 atom stereocenters. The smallest absolute Gasteiger partial charge is 0.493 e. The van der Waals surface area contributed by atoms with Gasteiger partial charge >= 0.3 is 14.4 Å². The van der Waals surface area contributed by atoms with Crippen LogP contribution in [0.2, 0.25) is 0 Å². The third-order valence-electron chi connectivity index (χ3n) is 3.87. The highest BCUT2D eigenvalue weighted by atomic mass is 31.2. The Bertz CT molecular complexity index is 859. The van der Waals surface area contributed by atoms with Crippen molar-refractivity contribution in [2.45, 2.75) is 19.5 Å². The highest BCUT2D eigenvalue weighted by molar-refractivity contribution is 7.46. The highest BCUT2D eigenvalue weighted by Gasteiger charge is 2.21. The van der Waals surface area contributed by atoms with E-state index in [1.54, 1.807) is 12.1 Å². The van der Waals surface area contributed by atoms with Gasteiger partial charge in [-0.3, -0.25) is 9.79 Å². The summed E-state index contributed by atoms with van der Waals surface area (Å²) in [6.07, 6.45) is 0.895. The zero-order chi connectivity index (χ0) is 21.6. The van der Waals surface area contributed by atoms with Gasteiger partial charge in [-0.25, -0.2) is 4.57 Å². The summed E-state index contributed by atoms with van der Waals surface area (Å²) in [5, 5.41) is 0. The maximum absolute atomic E-state index is 12.5. The Morgan fingerprint density at radius 2 is 1.41 bits per heavy atom. The van der Waals surface area contributed by atoms with Crippen molar-refractivity contribution in [3.8, 4) is 28.7 Å². The molecule has 2 N–H and O–H groups in total. The minimum atomic E-state index is -4.96. The van der Waals surface area contributed by atoms with E-state index in [0.717, 1.165) is 5.56 Å². The minimum absolute atomic E-state index is 0.408. The second-order valence-electron chi connectivity index (χ2n) is 5.78. The number of rotatable bonds is 10. The number of halogens is 2. The standard InChI is InChI=1S/C18H21F2O8P/c1-24-15-9-12(10-16(25-2)17(15)26-3)5-4-11-6-7-13(27-18(19)20)14(8-11)28-29(21,22)23/h6-10,18H,4-5H2,1-3H3,(H2,21,22,23). The number of hydrogen-bond donors (Lipinski definition) is 2. The third kappa shape index (κ3) is 6.49. The van der Waals surface area contributed by atoms with E-state index in [1.807, 2.05) is 0 Å². The van der Waals surface area contributed by atoms with E-state index in [9.17, 15) is 13.3 Å². The average Bonchev–Trinajstić information content (AvgIpc) is 2.65. The molecule has 0 aliphatic heterocycles. The molecule has 0 heterocycles. The van der Waals surface area contributed by atoms with Crippen LogP contribution in [0, 0.1) is 0 Å². The van der Waals surface area contributed by atoms with Crippen molar-refractivity contribution < 1.29 is 46.6 Å². The molecule has 0 radical (unpaired) electrons. The van der Waals surface area contributed by atoms with E-state index in [-0.39, 0.29) is 0 Å². The van der Waals surface area contributed by atoms with Crippen LogP contribution in [0.3, 0.4) is 0 Å². The monoisotopic (exact) mass is 434 g/mol. The van der Waals surface area contributed by atoms with E-state index < -0.39 is 25.9 Å². The first-order valence-electron chi connectivity index (χ1n) is 8.28. The van der Waals surface area contributed by atoms with Crippen molar-refractivity contribution in [1.82, 2.24) is 0 Å². The zero-order valence-electron chi connectivity index (χ0n) is 15.9. The SMILES string of the molecule is COc1cc(CCc2ccc(OC(F)F)c(OP(=O)(O)O)c2)cc(OC)c1OC. The Labute approximate surface area is 166 Å². The summed E-state index contributed by atoms with van der Waals surface area (Å²) in [6.45, 7) is -3.17. The fraction of sp³-hybridized carbons (Fsp3) is 0.333. The molecular weight excluding hydrogens is 413 g/mol. The lowest BCUT2D eigenvalue weighted by molar-refractivity contribution is -0.0509. The molecule has 2 rings (SSSR count). The van der Waals surface area contributed by atoms with Crippen molar-refractivity contribution in [1.29, 1.82) is 0 Å². The van der Waals surface area contributed by atoms with Gasteiger partial charge < -0.3 is 23.5 Å². The second-order valence-corrected chi connectivity index (χ2v) is 6.94. The normalized spacial score (nSPS) is 11.3. The second kappa shape index (κ2) is 9.78. The van der Waals surface area contributed by atoms with Crippen LogP contribution in [0.15, 0.2) is 30.3 Å². The molecule has 0 aromatic heterocycles. The summed E-state index contributed by atoms with van der Waals surface area (Å²) in [5.41, 5.74) is 1.42. The van der Waals surface area contributed by atoms with Crippen molar-refractivity contribution >= 4 is 7.82 Å². The maximum Gasteiger partial charge on any atom is 0.524 e. The Balaban J connectivity index is 2.26. The van der Waals surface area contributed by atoms with Gasteiger partial charge in [0.25, 0.3) is 0 Å². The molecule has 0 bridgehead atoms. The molecule has 0 saturated heterocycles. The molecule has 0 fully saturated rings. The largest absolute Gasteiger partial charge is 0.524 e. The van der Waals surface area contributed by atoms with Crippen molar-refractivity contribution in [2.24, 2.45) is 0 Å². The Morgan fingerprint density at radius 3 is 1.90 bits per heavy atom. The first kappa shape index (κ1) is 22.7. The molecule has 2 aromatic rings. The van der Waals surface area contributed by atoms with Crippen molar-refractivity contribution in [3.63, 3.8) is 0 Å². The summed E-state index contributed by atoms with van der Waals surface area (Å²) >= 11 is 0. The molecule has 0 saturated carbocycles. The summed E-state index contributed by atoms with van der Waals surface area (Å²) in [6, 6.07) is 7.45. The van der Waals surface area contributed by atoms with Gasteiger partial charge in [0.05, 0.1) is 21.3 Å². The molecule has 0 spiro atoms. The highest BCUT2D eigenvalue weighted by Crippen LogP contribution is 2.43. The van der Waals surface area contributed by atoms with Crippen LogP contribution >= 0.6 is 7.82 Å². The molecular formula is C18H21F2O8P. The maximum atomic E-state index is 12.5. The Morgan fingerprint density at radius 1 is 0.862 bits per heavy atom. The summed E-state index contributed by atoms with van der Waals surface area (Å²) in [7, 11) is -0.476. The van der Waals surface area contributed by atoms with Crippen LogP contribution in [-0.4, -0.2) is 37.7 Å². The van der Waals surface area contributed by atoms with Gasteiger partial charge in [-0.2, -0.15) is 8.78 Å². The molecule has 0 aliphatic rings. The van der Waals surface area contributed by atoms with Crippen LogP contribution in [0.5, 0.6) is 28.7 Å². The molecule has 160 valence electrons. The predicted molar refractivity (Wildman–Crippen MR) is 99.3 cm³/mol. The number of phosphoric ester groups is 1. The molecule has 11 heteroatoms. The first-order valence-corrected chi connectivity index (χ1v) is 9.81. The summed E-state index contributed by atoms with van der Waals surface area (Å²) in [5.74, 6) is 0.464. The van der Waals surface area contributed by atoms with Gasteiger partial charge in [0, 0.05) is 0 Å². The van der Waals surface area contributed by atoms with Crippen LogP contribution in [0.25, 0.3) is 0 Å². The van der Waals surface area contributed by atoms with E-state index in [0.29, 0.717) is 35.7 Å². The molecule has 0 unspecified atom stereocenters. The van der Waals surface area contributed by atoms with Crippen LogP contribution in [-0.2, 0) is 17.4 Å². The van der Waals surface area contributed by atoms with Crippen molar-refractivity contribution in [3.05, 3.63) is 41.5 Å². The lowest BCUT2D eigenvalue weighted by atomic mass is 10.0. The van der Waals surface area contributed by atoms with Gasteiger partial charge in [-0.1, -0.05) is 6.07 Å². The molecule has 2 aromatic carbocycles. The van der Waals surface area contributed by atoms with Gasteiger partial charge in [-0.15, -0.1) is 0 Å². The van der Waals surface area contributed by atoms with E-state index >= 15 is 0 Å².